The molecule has 1 amide bonds. The zero-order valence-corrected chi connectivity index (χ0v) is 11.1. The first kappa shape index (κ1) is 12.6. The third-order valence-electron chi connectivity index (χ3n) is 3.56. The Labute approximate surface area is 117 Å². The van der Waals surface area contributed by atoms with Crippen molar-refractivity contribution < 1.29 is 9.18 Å². The molecule has 2 nitrogen and oxygen atoms in total. The van der Waals surface area contributed by atoms with Gasteiger partial charge in [-0.05, 0) is 47.4 Å². The van der Waals surface area contributed by atoms with Gasteiger partial charge in [-0.2, -0.15) is 0 Å². The van der Waals surface area contributed by atoms with E-state index < -0.39 is 0 Å². The van der Waals surface area contributed by atoms with Gasteiger partial charge in [-0.3, -0.25) is 4.79 Å². The fourth-order valence-corrected chi connectivity index (χ4v) is 2.39. The second kappa shape index (κ2) is 4.93. The predicted octanol–water partition coefficient (Wildman–Crippen LogP) is 3.11. The highest BCUT2D eigenvalue weighted by molar-refractivity contribution is 6.01. The van der Waals surface area contributed by atoms with Crippen molar-refractivity contribution in [2.45, 2.75) is 13.5 Å². The SMILES string of the molecule is Cc1ccc(F)cc1CNC(=O)C1=CC=C2C=CC=C21. The van der Waals surface area contributed by atoms with Gasteiger partial charge in [0.2, 0.25) is 0 Å². The van der Waals surface area contributed by atoms with Crippen LogP contribution in [0.4, 0.5) is 4.39 Å². The Bertz CT molecular complexity index is 708. The molecule has 0 saturated heterocycles. The topological polar surface area (TPSA) is 29.1 Å². The Morgan fingerprint density at radius 1 is 1.25 bits per heavy atom. The minimum absolute atomic E-state index is 0.130. The van der Waals surface area contributed by atoms with Gasteiger partial charge in [-0.1, -0.05) is 30.4 Å². The van der Waals surface area contributed by atoms with Gasteiger partial charge >= 0.3 is 0 Å². The van der Waals surface area contributed by atoms with E-state index in [0.29, 0.717) is 12.1 Å². The van der Waals surface area contributed by atoms with Gasteiger partial charge in [-0.15, -0.1) is 0 Å². The third kappa shape index (κ3) is 2.23. The molecule has 100 valence electrons. The lowest BCUT2D eigenvalue weighted by Gasteiger charge is -2.10. The summed E-state index contributed by atoms with van der Waals surface area (Å²) < 4.78 is 13.2. The first-order chi connectivity index (χ1) is 9.65. The predicted molar refractivity (Wildman–Crippen MR) is 76.4 cm³/mol. The molecular formula is C17H14FNO. The summed E-state index contributed by atoms with van der Waals surface area (Å²) in [4.78, 5) is 12.2. The molecule has 0 aromatic heterocycles. The fourth-order valence-electron chi connectivity index (χ4n) is 2.39. The number of hydrogen-bond donors (Lipinski definition) is 1. The molecule has 3 rings (SSSR count). The van der Waals surface area contributed by atoms with E-state index in [9.17, 15) is 9.18 Å². The molecule has 0 saturated carbocycles. The zero-order valence-electron chi connectivity index (χ0n) is 11.1. The van der Waals surface area contributed by atoms with Gasteiger partial charge in [0.25, 0.3) is 5.91 Å². The second-order valence-corrected chi connectivity index (χ2v) is 4.90. The van der Waals surface area contributed by atoms with Crippen LogP contribution in [0.1, 0.15) is 11.1 Å². The van der Waals surface area contributed by atoms with E-state index in [1.807, 2.05) is 37.3 Å². The van der Waals surface area contributed by atoms with Crippen LogP contribution in [-0.2, 0) is 11.3 Å². The Hall–Kier alpha value is -2.42. The maximum Gasteiger partial charge on any atom is 0.252 e. The third-order valence-corrected chi connectivity index (χ3v) is 3.56. The van der Waals surface area contributed by atoms with E-state index in [4.69, 9.17) is 0 Å². The van der Waals surface area contributed by atoms with E-state index in [1.165, 1.54) is 12.1 Å². The van der Waals surface area contributed by atoms with Crippen LogP contribution in [0.2, 0.25) is 0 Å². The molecule has 0 fully saturated rings. The van der Waals surface area contributed by atoms with Crippen LogP contribution in [0, 0.1) is 12.7 Å². The van der Waals surface area contributed by atoms with Crippen LogP contribution in [-0.4, -0.2) is 5.91 Å². The molecule has 0 aliphatic heterocycles. The number of rotatable bonds is 3. The molecule has 20 heavy (non-hydrogen) atoms. The number of carbonyl (C=O) groups excluding carboxylic acids is 1. The van der Waals surface area contributed by atoms with Crippen LogP contribution in [0.5, 0.6) is 0 Å². The summed E-state index contributed by atoms with van der Waals surface area (Å²) in [6, 6.07) is 4.60. The van der Waals surface area contributed by atoms with Crippen molar-refractivity contribution in [1.29, 1.82) is 0 Å². The summed E-state index contributed by atoms with van der Waals surface area (Å²) in [5.41, 5.74) is 4.45. The number of hydrogen-bond acceptors (Lipinski definition) is 1. The maximum absolute atomic E-state index is 13.2. The highest BCUT2D eigenvalue weighted by Gasteiger charge is 2.21. The van der Waals surface area contributed by atoms with E-state index in [0.717, 1.165) is 22.3 Å². The summed E-state index contributed by atoms with van der Waals surface area (Å²) in [7, 11) is 0. The van der Waals surface area contributed by atoms with Crippen LogP contribution in [0.25, 0.3) is 0 Å². The first-order valence-electron chi connectivity index (χ1n) is 6.49. The lowest BCUT2D eigenvalue weighted by Crippen LogP contribution is -2.25. The summed E-state index contributed by atoms with van der Waals surface area (Å²) in [6.45, 7) is 2.23. The van der Waals surface area contributed by atoms with Gasteiger partial charge in [-0.25, -0.2) is 4.39 Å². The quantitative estimate of drug-likeness (QED) is 0.895. The van der Waals surface area contributed by atoms with Crippen molar-refractivity contribution in [2.75, 3.05) is 0 Å². The monoisotopic (exact) mass is 267 g/mol. The van der Waals surface area contributed by atoms with E-state index in [2.05, 4.69) is 5.32 Å². The van der Waals surface area contributed by atoms with Crippen molar-refractivity contribution >= 4 is 5.91 Å². The van der Waals surface area contributed by atoms with Gasteiger partial charge < -0.3 is 5.32 Å². The highest BCUT2D eigenvalue weighted by Crippen LogP contribution is 2.30. The Balaban J connectivity index is 1.68. The summed E-state index contributed by atoms with van der Waals surface area (Å²) >= 11 is 0. The Kier molecular flexibility index (Phi) is 3.11. The lowest BCUT2D eigenvalue weighted by atomic mass is 10.1. The van der Waals surface area contributed by atoms with Gasteiger partial charge in [0.15, 0.2) is 0 Å². The van der Waals surface area contributed by atoms with Crippen LogP contribution >= 0.6 is 0 Å². The molecule has 0 bridgehead atoms. The lowest BCUT2D eigenvalue weighted by molar-refractivity contribution is -0.117. The van der Waals surface area contributed by atoms with Crippen molar-refractivity contribution in [3.05, 3.63) is 82.2 Å². The molecule has 1 aromatic rings. The normalized spacial score (nSPS) is 15.6. The van der Waals surface area contributed by atoms with Crippen LogP contribution in [0.3, 0.4) is 0 Å². The van der Waals surface area contributed by atoms with E-state index in [1.54, 1.807) is 6.07 Å². The van der Waals surface area contributed by atoms with Crippen molar-refractivity contribution in [1.82, 2.24) is 5.32 Å². The number of fused-ring (bicyclic) bond motifs is 1. The molecule has 0 atom stereocenters. The number of carbonyl (C=O) groups is 1. The van der Waals surface area contributed by atoms with Gasteiger partial charge in [0.1, 0.15) is 5.82 Å². The van der Waals surface area contributed by atoms with Gasteiger partial charge in [0.05, 0.1) is 0 Å². The van der Waals surface area contributed by atoms with E-state index >= 15 is 0 Å². The molecule has 3 heteroatoms. The number of nitrogens with one attached hydrogen (secondary N) is 1. The van der Waals surface area contributed by atoms with Crippen LogP contribution in [0.15, 0.2) is 65.3 Å². The average Bonchev–Trinajstić information content (AvgIpc) is 3.02. The summed E-state index contributed by atoms with van der Waals surface area (Å²) in [6.07, 6.45) is 9.58. The largest absolute Gasteiger partial charge is 0.348 e. The molecule has 1 aromatic carbocycles. The number of amides is 1. The second-order valence-electron chi connectivity index (χ2n) is 4.90. The van der Waals surface area contributed by atoms with Crippen LogP contribution < -0.4 is 5.32 Å². The first-order valence-corrected chi connectivity index (χ1v) is 6.49. The smallest absolute Gasteiger partial charge is 0.252 e. The molecule has 1 N–H and O–H groups in total. The molecule has 0 spiro atoms. The zero-order chi connectivity index (χ0) is 14.1. The molecular weight excluding hydrogens is 253 g/mol. The molecule has 2 aliphatic rings. The Morgan fingerprint density at radius 3 is 2.95 bits per heavy atom. The standard InChI is InChI=1S/C17H14FNO/c1-11-5-7-14(18)9-13(11)10-19-17(20)16-8-6-12-3-2-4-15(12)16/h2-9H,10H2,1H3,(H,19,20). The Morgan fingerprint density at radius 2 is 2.10 bits per heavy atom. The van der Waals surface area contributed by atoms with Gasteiger partial charge in [0, 0.05) is 12.1 Å². The highest BCUT2D eigenvalue weighted by atomic mass is 19.1. The minimum atomic E-state index is -0.286. The minimum Gasteiger partial charge on any atom is -0.348 e. The molecule has 0 heterocycles. The number of aryl methyl sites for hydroxylation is 1. The fraction of sp³-hybridized carbons (Fsp3) is 0.118. The maximum atomic E-state index is 13.2. The van der Waals surface area contributed by atoms with Crippen molar-refractivity contribution in [3.63, 3.8) is 0 Å². The number of halogens is 1. The van der Waals surface area contributed by atoms with Crippen molar-refractivity contribution in [3.8, 4) is 0 Å². The molecule has 0 unspecified atom stereocenters. The van der Waals surface area contributed by atoms with E-state index in [-0.39, 0.29) is 11.7 Å². The number of allylic oxidation sites excluding steroid dienone is 6. The number of benzene rings is 1. The molecule has 2 aliphatic carbocycles. The molecule has 0 radical (unpaired) electrons. The van der Waals surface area contributed by atoms with Crippen molar-refractivity contribution in [2.24, 2.45) is 0 Å². The summed E-state index contributed by atoms with van der Waals surface area (Å²) in [5.74, 6) is -0.415. The average molecular weight is 267 g/mol. The summed E-state index contributed by atoms with van der Waals surface area (Å²) in [5, 5.41) is 2.85.